The Labute approximate surface area is 133 Å². The lowest BCUT2D eigenvalue weighted by Crippen LogP contribution is -2.40. The number of benzene rings is 1. The smallest absolute Gasteiger partial charge is 0.136 e. The van der Waals surface area contributed by atoms with Gasteiger partial charge in [0.15, 0.2) is 0 Å². The van der Waals surface area contributed by atoms with Gasteiger partial charge in [-0.15, -0.1) is 12.4 Å². The topological polar surface area (TPSA) is 62.3 Å². The maximum Gasteiger partial charge on any atom is 0.136 e. The van der Waals surface area contributed by atoms with E-state index in [9.17, 15) is 0 Å². The molecule has 1 aliphatic heterocycles. The molecule has 1 aromatic carbocycles. The number of likely N-dealkylation sites (tertiary alicyclic amines) is 1. The van der Waals surface area contributed by atoms with Crippen molar-refractivity contribution in [3.05, 3.63) is 29.3 Å². The summed E-state index contributed by atoms with van der Waals surface area (Å²) < 4.78 is 5.28. The predicted octanol–water partition coefficient (Wildman–Crippen LogP) is 2.69. The van der Waals surface area contributed by atoms with E-state index in [1.807, 2.05) is 18.2 Å². The van der Waals surface area contributed by atoms with Crippen LogP contribution in [0, 0.1) is 11.3 Å². The van der Waals surface area contributed by atoms with Gasteiger partial charge in [0, 0.05) is 12.6 Å². The van der Waals surface area contributed by atoms with E-state index in [4.69, 9.17) is 15.7 Å². The SMILES string of the molecule is COc1cc(CN2CCCCC2CCN)ccc1C#N.Cl. The summed E-state index contributed by atoms with van der Waals surface area (Å²) in [6.45, 7) is 2.79. The molecule has 1 unspecified atom stereocenters. The number of methoxy groups -OCH3 is 1. The van der Waals surface area contributed by atoms with Gasteiger partial charge in [0.25, 0.3) is 0 Å². The first-order valence-corrected chi connectivity index (χ1v) is 7.29. The molecule has 0 bridgehead atoms. The first-order chi connectivity index (χ1) is 9.78. The summed E-state index contributed by atoms with van der Waals surface area (Å²) in [6.07, 6.45) is 4.87. The van der Waals surface area contributed by atoms with Gasteiger partial charge in [0.1, 0.15) is 11.8 Å². The molecular formula is C16H24ClN3O. The van der Waals surface area contributed by atoms with Gasteiger partial charge in [-0.05, 0) is 50.0 Å². The van der Waals surface area contributed by atoms with E-state index >= 15 is 0 Å². The molecule has 1 aliphatic rings. The molecule has 2 N–H and O–H groups in total. The molecule has 0 amide bonds. The molecule has 1 fully saturated rings. The highest BCUT2D eigenvalue weighted by Crippen LogP contribution is 2.24. The van der Waals surface area contributed by atoms with Crippen LogP contribution in [0.5, 0.6) is 5.75 Å². The van der Waals surface area contributed by atoms with Crippen LogP contribution in [0.25, 0.3) is 0 Å². The Morgan fingerprint density at radius 3 is 2.90 bits per heavy atom. The van der Waals surface area contributed by atoms with Gasteiger partial charge in [-0.25, -0.2) is 0 Å². The molecule has 5 heteroatoms. The lowest BCUT2D eigenvalue weighted by atomic mass is 9.98. The van der Waals surface area contributed by atoms with Crippen LogP contribution in [0.1, 0.15) is 36.8 Å². The van der Waals surface area contributed by atoms with Crippen molar-refractivity contribution in [1.82, 2.24) is 4.90 Å². The fraction of sp³-hybridized carbons (Fsp3) is 0.562. The van der Waals surface area contributed by atoms with Crippen molar-refractivity contribution in [3.8, 4) is 11.8 Å². The zero-order chi connectivity index (χ0) is 14.4. The fourth-order valence-corrected chi connectivity index (χ4v) is 2.95. The molecule has 0 aliphatic carbocycles. The van der Waals surface area contributed by atoms with Crippen molar-refractivity contribution in [3.63, 3.8) is 0 Å². The summed E-state index contributed by atoms with van der Waals surface area (Å²) in [5.41, 5.74) is 7.51. The monoisotopic (exact) mass is 309 g/mol. The van der Waals surface area contributed by atoms with Gasteiger partial charge in [0.2, 0.25) is 0 Å². The van der Waals surface area contributed by atoms with E-state index in [0.717, 1.165) is 26.1 Å². The number of hydrogen-bond acceptors (Lipinski definition) is 4. The largest absolute Gasteiger partial charge is 0.495 e. The van der Waals surface area contributed by atoms with Crippen molar-refractivity contribution >= 4 is 12.4 Å². The summed E-state index contributed by atoms with van der Waals surface area (Å²) in [7, 11) is 1.61. The zero-order valence-electron chi connectivity index (χ0n) is 12.5. The van der Waals surface area contributed by atoms with E-state index in [-0.39, 0.29) is 12.4 Å². The van der Waals surface area contributed by atoms with Crippen LogP contribution in [-0.4, -0.2) is 31.1 Å². The molecule has 4 nitrogen and oxygen atoms in total. The number of nitrogens with zero attached hydrogens (tertiary/aromatic N) is 2. The normalized spacial score (nSPS) is 18.6. The Morgan fingerprint density at radius 1 is 1.43 bits per heavy atom. The minimum absolute atomic E-state index is 0. The molecule has 1 aromatic rings. The highest BCUT2D eigenvalue weighted by atomic mass is 35.5. The molecule has 0 radical (unpaired) electrons. The van der Waals surface area contributed by atoms with Crippen LogP contribution in [0.3, 0.4) is 0 Å². The van der Waals surface area contributed by atoms with Gasteiger partial charge >= 0.3 is 0 Å². The van der Waals surface area contributed by atoms with Crippen LogP contribution in [0.4, 0.5) is 0 Å². The zero-order valence-corrected chi connectivity index (χ0v) is 13.4. The van der Waals surface area contributed by atoms with Crippen LogP contribution in [0.2, 0.25) is 0 Å². The highest BCUT2D eigenvalue weighted by molar-refractivity contribution is 5.85. The molecule has 1 atom stereocenters. The summed E-state index contributed by atoms with van der Waals surface area (Å²) in [5.74, 6) is 0.664. The number of nitrogens with two attached hydrogens (primary N) is 1. The fourth-order valence-electron chi connectivity index (χ4n) is 2.95. The standard InChI is InChI=1S/C16H23N3O.ClH/c1-20-16-10-13(5-6-14(16)11-18)12-19-9-3-2-4-15(19)7-8-17;/h5-6,10,15H,2-4,7-9,12,17H2,1H3;1H. The number of ether oxygens (including phenoxy) is 1. The van der Waals surface area contributed by atoms with Crippen LogP contribution < -0.4 is 10.5 Å². The average molecular weight is 310 g/mol. The predicted molar refractivity (Wildman–Crippen MR) is 86.7 cm³/mol. The molecular weight excluding hydrogens is 286 g/mol. The highest BCUT2D eigenvalue weighted by Gasteiger charge is 2.21. The molecule has 2 rings (SSSR count). The Morgan fingerprint density at radius 2 is 2.24 bits per heavy atom. The third-order valence-corrected chi connectivity index (χ3v) is 4.02. The van der Waals surface area contributed by atoms with Gasteiger partial charge < -0.3 is 10.5 Å². The molecule has 0 saturated carbocycles. The summed E-state index contributed by atoms with van der Waals surface area (Å²) in [5, 5.41) is 9.02. The van der Waals surface area contributed by atoms with Crippen molar-refractivity contribution in [2.45, 2.75) is 38.3 Å². The Hall–Kier alpha value is -1.28. The number of rotatable bonds is 5. The van der Waals surface area contributed by atoms with Gasteiger partial charge in [-0.2, -0.15) is 5.26 Å². The minimum Gasteiger partial charge on any atom is -0.495 e. The maximum absolute atomic E-state index is 9.02. The van der Waals surface area contributed by atoms with Crippen molar-refractivity contribution in [1.29, 1.82) is 5.26 Å². The van der Waals surface area contributed by atoms with Crippen molar-refractivity contribution in [2.75, 3.05) is 20.2 Å². The van der Waals surface area contributed by atoms with Gasteiger partial charge in [0.05, 0.1) is 12.7 Å². The number of hydrogen-bond donors (Lipinski definition) is 1. The lowest BCUT2D eigenvalue weighted by Gasteiger charge is -2.35. The Kier molecular flexibility index (Phi) is 7.52. The van der Waals surface area contributed by atoms with Crippen LogP contribution in [0.15, 0.2) is 18.2 Å². The van der Waals surface area contributed by atoms with Crippen molar-refractivity contribution in [2.24, 2.45) is 5.73 Å². The maximum atomic E-state index is 9.02. The second-order valence-corrected chi connectivity index (χ2v) is 5.34. The number of halogens is 1. The Bertz CT molecular complexity index is 485. The summed E-state index contributed by atoms with van der Waals surface area (Å²) in [4.78, 5) is 2.51. The van der Waals surface area contributed by atoms with Crippen LogP contribution in [-0.2, 0) is 6.54 Å². The summed E-state index contributed by atoms with van der Waals surface area (Å²) in [6, 6.07) is 8.59. The van der Waals surface area contributed by atoms with E-state index in [2.05, 4.69) is 11.0 Å². The molecule has 21 heavy (non-hydrogen) atoms. The molecule has 0 spiro atoms. The number of nitriles is 1. The number of piperidine rings is 1. The second kappa shape index (κ2) is 8.89. The van der Waals surface area contributed by atoms with Gasteiger partial charge in [-0.1, -0.05) is 12.5 Å². The van der Waals surface area contributed by atoms with Crippen LogP contribution >= 0.6 is 12.4 Å². The van der Waals surface area contributed by atoms with E-state index in [1.165, 1.54) is 24.8 Å². The first kappa shape index (κ1) is 17.8. The quantitative estimate of drug-likeness (QED) is 0.908. The molecule has 116 valence electrons. The lowest BCUT2D eigenvalue weighted by molar-refractivity contribution is 0.134. The van der Waals surface area contributed by atoms with Crippen molar-refractivity contribution < 1.29 is 4.74 Å². The first-order valence-electron chi connectivity index (χ1n) is 7.29. The van der Waals surface area contributed by atoms with Gasteiger partial charge in [-0.3, -0.25) is 4.90 Å². The minimum atomic E-state index is 0. The molecule has 1 saturated heterocycles. The molecule has 0 aromatic heterocycles. The third-order valence-electron chi connectivity index (χ3n) is 4.02. The Balaban J connectivity index is 0.00000220. The van der Waals surface area contributed by atoms with E-state index in [1.54, 1.807) is 7.11 Å². The molecule has 1 heterocycles. The third kappa shape index (κ3) is 4.60. The average Bonchev–Trinajstić information content (AvgIpc) is 2.49. The summed E-state index contributed by atoms with van der Waals surface area (Å²) >= 11 is 0. The second-order valence-electron chi connectivity index (χ2n) is 5.34. The van der Waals surface area contributed by atoms with E-state index in [0.29, 0.717) is 17.4 Å². The van der Waals surface area contributed by atoms with E-state index < -0.39 is 0 Å².